The average Bonchev–Trinajstić information content (AvgIpc) is 2.81. The lowest BCUT2D eigenvalue weighted by atomic mass is 10.1. The van der Waals surface area contributed by atoms with E-state index in [1.54, 1.807) is 0 Å². The Bertz CT molecular complexity index is 671. The smallest absolute Gasteiger partial charge is 0.407 e. The molecule has 120 valence electrons. The number of ether oxygens (including phenoxy) is 2. The van der Waals surface area contributed by atoms with E-state index in [4.69, 9.17) is 14.0 Å². The molecule has 0 aliphatic carbocycles. The van der Waals surface area contributed by atoms with Crippen LogP contribution in [0.4, 0.5) is 4.79 Å². The molecular weight excluding hydrogens is 284 g/mol. The van der Waals surface area contributed by atoms with Gasteiger partial charge in [0, 0.05) is 0 Å². The minimum atomic E-state index is -0.512. The minimum absolute atomic E-state index is 0.286. The van der Waals surface area contributed by atoms with Crippen LogP contribution < -0.4 is 10.1 Å². The van der Waals surface area contributed by atoms with Crippen molar-refractivity contribution >= 4 is 17.1 Å². The van der Waals surface area contributed by atoms with Crippen molar-refractivity contribution in [1.29, 1.82) is 0 Å². The van der Waals surface area contributed by atoms with E-state index in [0.717, 1.165) is 16.5 Å². The topological polar surface area (TPSA) is 73.6 Å². The van der Waals surface area contributed by atoms with E-state index in [2.05, 4.69) is 10.5 Å². The number of nitrogens with one attached hydrogen (secondary N) is 1. The molecule has 0 saturated heterocycles. The van der Waals surface area contributed by atoms with E-state index >= 15 is 0 Å². The molecule has 0 spiro atoms. The van der Waals surface area contributed by atoms with Gasteiger partial charge in [-0.3, -0.25) is 0 Å². The average molecular weight is 306 g/mol. The maximum atomic E-state index is 11.5. The molecule has 0 atom stereocenters. The van der Waals surface area contributed by atoms with Gasteiger partial charge in [0.25, 0.3) is 5.88 Å². The van der Waals surface area contributed by atoms with Gasteiger partial charge in [0.15, 0.2) is 5.58 Å². The van der Waals surface area contributed by atoms with Crippen LogP contribution in [-0.2, 0) is 4.74 Å². The Hall–Kier alpha value is -2.24. The molecule has 1 N–H and O–H groups in total. The second-order valence-corrected chi connectivity index (χ2v) is 6.15. The van der Waals surface area contributed by atoms with Crippen molar-refractivity contribution in [2.75, 3.05) is 13.2 Å². The van der Waals surface area contributed by atoms with Crippen molar-refractivity contribution in [3.63, 3.8) is 0 Å². The lowest BCUT2D eigenvalue weighted by molar-refractivity contribution is 0.0520. The van der Waals surface area contributed by atoms with Gasteiger partial charge >= 0.3 is 6.09 Å². The molecule has 1 aromatic heterocycles. The third-order valence-corrected chi connectivity index (χ3v) is 3.15. The van der Waals surface area contributed by atoms with Crippen LogP contribution >= 0.6 is 0 Å². The Morgan fingerprint density at radius 1 is 1.32 bits per heavy atom. The van der Waals surface area contributed by atoms with Gasteiger partial charge < -0.3 is 19.3 Å². The molecule has 0 radical (unpaired) electrons. The highest BCUT2D eigenvalue weighted by Gasteiger charge is 2.16. The van der Waals surface area contributed by atoms with Crippen molar-refractivity contribution in [2.45, 2.75) is 40.2 Å². The molecule has 1 aromatic carbocycles. The largest absolute Gasteiger partial charge is 0.473 e. The third kappa shape index (κ3) is 3.90. The number of carbonyl (C=O) groups excluding carboxylic acids is 1. The molecule has 1 heterocycles. The summed E-state index contributed by atoms with van der Waals surface area (Å²) in [6.45, 7) is 10.1. The Balaban J connectivity index is 1.91. The summed E-state index contributed by atoms with van der Waals surface area (Å²) in [6, 6.07) is 3.85. The molecule has 6 heteroatoms. The highest BCUT2D eigenvalue weighted by molar-refractivity contribution is 5.86. The Labute approximate surface area is 129 Å². The van der Waals surface area contributed by atoms with E-state index < -0.39 is 11.7 Å². The predicted molar refractivity (Wildman–Crippen MR) is 83.2 cm³/mol. The minimum Gasteiger partial charge on any atom is -0.473 e. The van der Waals surface area contributed by atoms with Gasteiger partial charge in [-0.05, 0) is 57.0 Å². The molecule has 0 fully saturated rings. The fraction of sp³-hybridized carbons (Fsp3) is 0.500. The molecule has 0 bridgehead atoms. The zero-order valence-corrected chi connectivity index (χ0v) is 13.6. The molecular formula is C16H22N2O4. The van der Waals surface area contributed by atoms with Crippen molar-refractivity contribution in [2.24, 2.45) is 0 Å². The summed E-state index contributed by atoms with van der Waals surface area (Å²) in [6.07, 6.45) is -0.465. The SMILES string of the molecule is Cc1ccc2onc(OCCNC(=O)OC(C)(C)C)c2c1C. The van der Waals surface area contributed by atoms with Crippen LogP contribution in [0.5, 0.6) is 5.88 Å². The number of hydrogen-bond acceptors (Lipinski definition) is 5. The van der Waals surface area contributed by atoms with E-state index in [0.29, 0.717) is 18.0 Å². The summed E-state index contributed by atoms with van der Waals surface area (Å²) < 4.78 is 16.0. The second kappa shape index (κ2) is 6.25. The molecule has 0 saturated carbocycles. The van der Waals surface area contributed by atoms with Gasteiger partial charge in [0.05, 0.1) is 11.9 Å². The highest BCUT2D eigenvalue weighted by Crippen LogP contribution is 2.29. The van der Waals surface area contributed by atoms with Gasteiger partial charge in [-0.25, -0.2) is 4.79 Å². The molecule has 0 aliphatic rings. The van der Waals surface area contributed by atoms with Gasteiger partial charge in [0.1, 0.15) is 12.2 Å². The zero-order chi connectivity index (χ0) is 16.3. The standard InChI is InChI=1S/C16H22N2O4/c1-10-6-7-12-13(11(10)2)14(18-22-12)20-9-8-17-15(19)21-16(3,4)5/h6-7H,8-9H2,1-5H3,(H,17,19). The highest BCUT2D eigenvalue weighted by atomic mass is 16.6. The molecule has 0 aliphatic heterocycles. The molecule has 1 amide bonds. The van der Waals surface area contributed by atoms with Crippen LogP contribution in [0.2, 0.25) is 0 Å². The Kier molecular flexibility index (Phi) is 4.59. The molecule has 0 unspecified atom stereocenters. The summed E-state index contributed by atoms with van der Waals surface area (Å²) >= 11 is 0. The quantitative estimate of drug-likeness (QED) is 0.877. The number of rotatable bonds is 4. The first-order chi connectivity index (χ1) is 10.3. The zero-order valence-electron chi connectivity index (χ0n) is 13.6. The van der Waals surface area contributed by atoms with Crippen molar-refractivity contribution in [1.82, 2.24) is 10.5 Å². The monoisotopic (exact) mass is 306 g/mol. The van der Waals surface area contributed by atoms with E-state index in [-0.39, 0.29) is 6.61 Å². The maximum Gasteiger partial charge on any atom is 0.407 e. The van der Waals surface area contributed by atoms with Gasteiger partial charge in [-0.15, -0.1) is 0 Å². The second-order valence-electron chi connectivity index (χ2n) is 6.15. The lowest BCUT2D eigenvalue weighted by Gasteiger charge is -2.19. The van der Waals surface area contributed by atoms with Crippen LogP contribution in [0.3, 0.4) is 0 Å². The summed E-state index contributed by atoms with van der Waals surface area (Å²) in [4.78, 5) is 11.5. The summed E-state index contributed by atoms with van der Waals surface area (Å²) in [5.74, 6) is 0.446. The molecule has 22 heavy (non-hydrogen) atoms. The fourth-order valence-electron chi connectivity index (χ4n) is 1.98. The van der Waals surface area contributed by atoms with Crippen LogP contribution in [0.15, 0.2) is 16.7 Å². The van der Waals surface area contributed by atoms with Crippen LogP contribution in [0, 0.1) is 13.8 Å². The first kappa shape index (κ1) is 16.1. The number of benzene rings is 1. The van der Waals surface area contributed by atoms with Gasteiger partial charge in [0.2, 0.25) is 0 Å². The van der Waals surface area contributed by atoms with Crippen molar-refractivity contribution in [3.05, 3.63) is 23.3 Å². The first-order valence-corrected chi connectivity index (χ1v) is 7.23. The number of amides is 1. The number of carbonyl (C=O) groups is 1. The van der Waals surface area contributed by atoms with Gasteiger partial charge in [-0.2, -0.15) is 0 Å². The number of hydrogen-bond donors (Lipinski definition) is 1. The molecule has 6 nitrogen and oxygen atoms in total. The third-order valence-electron chi connectivity index (χ3n) is 3.15. The van der Waals surface area contributed by atoms with Crippen LogP contribution in [-0.4, -0.2) is 30.0 Å². The van der Waals surface area contributed by atoms with Crippen LogP contribution in [0.1, 0.15) is 31.9 Å². The number of nitrogens with zero attached hydrogens (tertiary/aromatic N) is 1. The lowest BCUT2D eigenvalue weighted by Crippen LogP contribution is -2.34. The van der Waals surface area contributed by atoms with Crippen LogP contribution in [0.25, 0.3) is 11.0 Å². The van der Waals surface area contributed by atoms with Crippen molar-refractivity contribution in [3.8, 4) is 5.88 Å². The maximum absolute atomic E-state index is 11.5. The molecule has 2 aromatic rings. The number of alkyl carbamates (subject to hydrolysis) is 1. The van der Waals surface area contributed by atoms with Gasteiger partial charge in [-0.1, -0.05) is 6.07 Å². The summed E-state index contributed by atoms with van der Waals surface area (Å²) in [5.41, 5.74) is 2.40. The Morgan fingerprint density at radius 2 is 2.05 bits per heavy atom. The number of aromatic nitrogens is 1. The summed E-state index contributed by atoms with van der Waals surface area (Å²) in [5, 5.41) is 7.44. The molecule has 2 rings (SSSR count). The van der Waals surface area contributed by atoms with E-state index in [1.807, 2.05) is 46.8 Å². The Morgan fingerprint density at radius 3 is 2.73 bits per heavy atom. The predicted octanol–water partition coefficient (Wildman–Crippen LogP) is 3.35. The number of aryl methyl sites for hydroxylation is 2. The first-order valence-electron chi connectivity index (χ1n) is 7.23. The normalized spacial score (nSPS) is 11.5. The summed E-state index contributed by atoms with van der Waals surface area (Å²) in [7, 11) is 0. The number of fused-ring (bicyclic) bond motifs is 1. The van der Waals surface area contributed by atoms with Crippen molar-refractivity contribution < 1.29 is 18.8 Å². The van der Waals surface area contributed by atoms with E-state index in [1.165, 1.54) is 0 Å². The van der Waals surface area contributed by atoms with E-state index in [9.17, 15) is 4.79 Å². The fourth-order valence-corrected chi connectivity index (χ4v) is 1.98.